The number of likely N-dealkylation sites (tertiary alicyclic amines) is 1. The van der Waals surface area contributed by atoms with Gasteiger partial charge in [0.05, 0.1) is 43.5 Å². The van der Waals surface area contributed by atoms with Crippen molar-refractivity contribution in [3.63, 3.8) is 0 Å². The molecule has 13 amide bonds. The van der Waals surface area contributed by atoms with Gasteiger partial charge in [0.25, 0.3) is 0 Å². The van der Waals surface area contributed by atoms with E-state index in [4.69, 9.17) is 27.7 Å². The summed E-state index contributed by atoms with van der Waals surface area (Å²) in [5.74, 6) is -8.29. The van der Waals surface area contributed by atoms with Gasteiger partial charge in [-0.1, -0.05) is 87.2 Å². The van der Waals surface area contributed by atoms with E-state index >= 15 is 0 Å². The number of nitrogens with zero attached hydrogens (tertiary/aromatic N) is 5. The summed E-state index contributed by atoms with van der Waals surface area (Å²) in [6.07, 6.45) is 7.58. The minimum Gasteiger partial charge on any atom is -0.481 e. The molecule has 0 unspecified atom stereocenters. The van der Waals surface area contributed by atoms with Gasteiger partial charge in [0.15, 0.2) is 5.96 Å². The fourth-order valence-electron chi connectivity index (χ4n) is 12.0. The number of primary amides is 1. The molecule has 37 heteroatoms. The quantitative estimate of drug-likeness (QED) is 0.0173. The van der Waals surface area contributed by atoms with Crippen molar-refractivity contribution in [3.05, 3.63) is 77.6 Å². The van der Waals surface area contributed by atoms with Gasteiger partial charge in [0.2, 0.25) is 59.1 Å². The Hall–Kier alpha value is -10.6. The van der Waals surface area contributed by atoms with Crippen LogP contribution in [0.4, 0.5) is 15.3 Å². The third kappa shape index (κ3) is 33.9. The number of rotatable bonds is 44. The van der Waals surface area contributed by atoms with E-state index in [0.29, 0.717) is 93.4 Å². The van der Waals surface area contributed by atoms with Gasteiger partial charge in [0.1, 0.15) is 42.9 Å². The molecular weight excluding hydrogens is 1400 g/mol. The highest BCUT2D eigenvalue weighted by atomic mass is 16.5. The van der Waals surface area contributed by atoms with Crippen LogP contribution in [-0.4, -0.2) is 219 Å². The molecule has 2 aliphatic heterocycles. The number of aryl methyl sites for hydroxylation is 2. The summed E-state index contributed by atoms with van der Waals surface area (Å²) >= 11 is 0. The molecule has 0 spiro atoms. The Labute approximate surface area is 627 Å². The van der Waals surface area contributed by atoms with Crippen LogP contribution in [0, 0.1) is 5.92 Å². The molecule has 596 valence electrons. The lowest BCUT2D eigenvalue weighted by Crippen LogP contribution is -2.58. The lowest BCUT2D eigenvalue weighted by molar-refractivity contribution is -0.141. The smallest absolute Gasteiger partial charge is 0.407 e. The lowest BCUT2D eigenvalue weighted by Gasteiger charge is -2.26. The second-order valence-electron chi connectivity index (χ2n) is 27.2. The number of aliphatic carboxylic acids is 1. The lowest BCUT2D eigenvalue weighted by atomic mass is 10.0. The molecule has 5 rings (SSSR count). The van der Waals surface area contributed by atoms with E-state index in [2.05, 4.69) is 73.8 Å². The highest BCUT2D eigenvalue weighted by molar-refractivity contribution is 6.00. The van der Waals surface area contributed by atoms with E-state index in [0.717, 1.165) is 19.3 Å². The number of alkyl carbamates (subject to hydrolysis) is 1. The van der Waals surface area contributed by atoms with Crippen LogP contribution in [0.3, 0.4) is 0 Å². The van der Waals surface area contributed by atoms with Crippen molar-refractivity contribution in [3.8, 4) is 0 Å². The fraction of sp³-hybridized carbons (Fsp3) is 0.606. The third-order valence-corrected chi connectivity index (χ3v) is 17.9. The molecule has 9 atom stereocenters. The number of unbranched alkanes of at least 4 members (excludes halogenated alkanes) is 6. The summed E-state index contributed by atoms with van der Waals surface area (Å²) in [5, 5.41) is 66.4. The number of amides is 13. The first-order valence-electron chi connectivity index (χ1n) is 36.9. The van der Waals surface area contributed by atoms with E-state index in [1.807, 2.05) is 0 Å². The largest absolute Gasteiger partial charge is 0.481 e. The number of aliphatic hydroxyl groups excluding tert-OH is 2. The van der Waals surface area contributed by atoms with Gasteiger partial charge in [-0.15, -0.1) is 5.10 Å². The average molecular weight is 1520 g/mol. The van der Waals surface area contributed by atoms with Crippen LogP contribution in [0.25, 0.3) is 0 Å². The van der Waals surface area contributed by atoms with Gasteiger partial charge in [-0.2, -0.15) is 0 Å². The zero-order valence-electron chi connectivity index (χ0n) is 61.6. The summed E-state index contributed by atoms with van der Waals surface area (Å²) in [6.45, 7) is 4.08. The fourth-order valence-corrected chi connectivity index (χ4v) is 12.0. The number of ether oxygens (including phenoxy) is 1. The minimum absolute atomic E-state index is 0.000766. The number of carbonyl (C=O) groups is 13. The number of carboxylic acids is 1. The van der Waals surface area contributed by atoms with Gasteiger partial charge in [0, 0.05) is 70.4 Å². The summed E-state index contributed by atoms with van der Waals surface area (Å²) in [4.78, 5) is 176. The Morgan fingerprint density at radius 2 is 1.33 bits per heavy atom. The van der Waals surface area contributed by atoms with Crippen molar-refractivity contribution < 1.29 is 82.4 Å². The van der Waals surface area contributed by atoms with Crippen molar-refractivity contribution in [2.45, 2.75) is 223 Å². The highest BCUT2D eigenvalue weighted by Gasteiger charge is 2.36. The first-order valence-corrected chi connectivity index (χ1v) is 36.9. The monoisotopic (exact) mass is 1510 g/mol. The van der Waals surface area contributed by atoms with Crippen LogP contribution in [0.1, 0.15) is 159 Å². The first-order chi connectivity index (χ1) is 51.7. The molecule has 2 fully saturated rings. The normalized spacial score (nSPS) is 18.5. The maximum atomic E-state index is 14.1. The molecule has 3 heterocycles. The standard InChI is InChI=1S/C71H110N20O17/c1-44(2)61(68(105)85-54(24-17-34-78-70(75)106)64(101)81-47-29-27-46(28-30-47)43-108-71(107)79-32-12-6-10-26-59(96)91-41-50(93)37-49(91)42-92)87-57(94)25-15-20-48-40-90(89-88-48)35-14-4-3-9-21-51(72)62(99)76-31-13-11-22-53-65(102)83-52(23-16-33-77-69(73)74)63(100)80-39-58(95)82-56(38-60(97)98)67(104)86-55(66(103)84-53)36-45-18-7-5-8-19-45/h5,7-8,18-19,27-30,40,44,49-56,61,92-93H,3-4,6,9-17,20-26,31-39,41-43,72H2,1-2H3,(H,76,99)(H,79,107)(H,80,100)(H,81,101)(H,82,95)(H,83,102)(H,84,103)(H,85,105)(H,86,104)(H,87,94)(H,97,98)(H4,73,74,77)(H3,75,78,106)/t49-,50+,51+,52-,53-,54-,55+,56-,61-/m0/s1. The van der Waals surface area contributed by atoms with Gasteiger partial charge in [-0.3, -0.25) is 62.4 Å². The summed E-state index contributed by atoms with van der Waals surface area (Å²) in [5.41, 5.74) is 24.7. The van der Waals surface area contributed by atoms with Crippen molar-refractivity contribution in [2.24, 2.45) is 33.8 Å². The number of hydrogen-bond donors (Lipinski definition) is 18. The molecule has 108 heavy (non-hydrogen) atoms. The van der Waals surface area contributed by atoms with E-state index in [-0.39, 0.29) is 133 Å². The van der Waals surface area contributed by atoms with Crippen LogP contribution in [0.15, 0.2) is 65.8 Å². The number of hydrogen-bond acceptors (Lipinski definition) is 20. The van der Waals surface area contributed by atoms with Crippen LogP contribution in [-0.2, 0) is 83.5 Å². The number of benzene rings is 2. The van der Waals surface area contributed by atoms with Crippen molar-refractivity contribution >= 4 is 88.8 Å². The van der Waals surface area contributed by atoms with Crippen molar-refractivity contribution in [1.29, 1.82) is 0 Å². The van der Waals surface area contributed by atoms with Crippen molar-refractivity contribution in [2.75, 3.05) is 51.2 Å². The maximum Gasteiger partial charge on any atom is 0.407 e. The van der Waals surface area contributed by atoms with Gasteiger partial charge in [-0.05, 0) is 119 Å². The number of aliphatic hydroxyl groups is 2. The number of nitrogens with one attached hydrogen (secondary N) is 11. The number of aromatic nitrogens is 3. The Bertz CT molecular complexity index is 3450. The number of carbonyl (C=O) groups excluding carboxylic acids is 12. The summed E-state index contributed by atoms with van der Waals surface area (Å²) in [6, 6.07) is 5.57. The Morgan fingerprint density at radius 3 is 2.04 bits per heavy atom. The molecule has 3 aromatic rings. The molecular formula is C71H110N20O17. The number of aliphatic imine (C=N–C) groups is 1. The predicted octanol–water partition coefficient (Wildman–Crippen LogP) is -1.54. The number of anilines is 1. The zero-order chi connectivity index (χ0) is 78.9. The molecule has 22 N–H and O–H groups in total. The molecule has 0 bridgehead atoms. The molecule has 0 aliphatic carbocycles. The van der Waals surface area contributed by atoms with Gasteiger partial charge in [-0.25, -0.2) is 9.59 Å². The molecule has 0 saturated carbocycles. The number of nitrogens with two attached hydrogens (primary N) is 4. The topological polar surface area (TPSA) is 575 Å². The van der Waals surface area contributed by atoms with E-state index < -0.39 is 121 Å². The average Bonchev–Trinajstić information content (AvgIpc) is 1.20. The second-order valence-corrected chi connectivity index (χ2v) is 27.2. The Kier molecular flexibility index (Phi) is 39.1. The van der Waals surface area contributed by atoms with Crippen LogP contribution in [0.5, 0.6) is 0 Å². The third-order valence-electron chi connectivity index (χ3n) is 17.9. The maximum absolute atomic E-state index is 14.1. The van der Waals surface area contributed by atoms with Gasteiger partial charge >= 0.3 is 18.1 Å². The minimum atomic E-state index is -1.64. The molecule has 0 radical (unpaired) electrons. The number of β-amino-alcohol motifs (C(OH)–C–C–N with tert-alkyl or cyclic N) is 1. The van der Waals surface area contributed by atoms with E-state index in [1.54, 1.807) is 79.3 Å². The number of carboxylic acid groups (broad SMARTS) is 1. The number of guanidine groups is 1. The van der Waals surface area contributed by atoms with E-state index in [9.17, 15) is 77.6 Å². The highest BCUT2D eigenvalue weighted by Crippen LogP contribution is 2.20. The number of urea groups is 1. The van der Waals surface area contributed by atoms with Crippen molar-refractivity contribution in [1.82, 2.24) is 73.1 Å². The molecule has 2 aliphatic rings. The summed E-state index contributed by atoms with van der Waals surface area (Å²) in [7, 11) is 0. The predicted molar refractivity (Wildman–Crippen MR) is 394 cm³/mol. The Balaban J connectivity index is 1.01. The van der Waals surface area contributed by atoms with Crippen LogP contribution in [0.2, 0.25) is 0 Å². The molecule has 37 nitrogen and oxygen atoms in total. The van der Waals surface area contributed by atoms with Gasteiger partial charge < -0.3 is 106 Å². The Morgan fingerprint density at radius 1 is 0.676 bits per heavy atom. The first kappa shape index (κ1) is 88.1. The summed E-state index contributed by atoms with van der Waals surface area (Å²) < 4.78 is 7.05. The second kappa shape index (κ2) is 47.9. The molecule has 2 saturated heterocycles. The molecule has 1 aromatic heterocycles. The van der Waals surface area contributed by atoms with E-state index in [1.165, 1.54) is 4.90 Å². The SMILES string of the molecule is CC(C)[C@H](NC(=O)CCCc1cn(CCCCCC[C@@H](N)C(=O)NCCCC[C@@H]2NC(=O)[C@@H](Cc3ccccc3)NC(=O)[C@H](CC(=O)O)NC(=O)CNC(=O)[C@H](CCCN=C(N)N)NC2=O)nn1)C(=O)N[C@@H](CCCNC(N)=O)C(=O)Nc1ccc(COC(=O)NCCCCCC(=O)N2C[C@H](O)C[C@H]2CO)cc1. The molecule has 2 aromatic carbocycles. The van der Waals surface area contributed by atoms with Crippen LogP contribution < -0.4 is 81.4 Å². The zero-order valence-corrected chi connectivity index (χ0v) is 61.6. The van der Waals surface area contributed by atoms with Crippen LogP contribution >= 0.6 is 0 Å².